The second-order valence-electron chi connectivity index (χ2n) is 6.50. The number of hydrogen-bond acceptors (Lipinski definition) is 5. The van der Waals surface area contributed by atoms with Crippen molar-refractivity contribution < 1.29 is 14.3 Å². The summed E-state index contributed by atoms with van der Waals surface area (Å²) in [7, 11) is 0. The summed E-state index contributed by atoms with van der Waals surface area (Å²) in [5.74, 6) is -0.0361. The molecule has 2 heterocycles. The molecule has 1 fully saturated rings. The van der Waals surface area contributed by atoms with E-state index in [0.717, 1.165) is 5.56 Å². The van der Waals surface area contributed by atoms with Crippen molar-refractivity contribution in [1.29, 1.82) is 0 Å². The molecule has 26 heavy (non-hydrogen) atoms. The van der Waals surface area contributed by atoms with Crippen molar-refractivity contribution in [3.63, 3.8) is 0 Å². The fourth-order valence-electron chi connectivity index (χ4n) is 3.42. The van der Waals surface area contributed by atoms with E-state index in [9.17, 15) is 4.79 Å². The maximum atomic E-state index is 13.4. The van der Waals surface area contributed by atoms with Crippen molar-refractivity contribution in [2.45, 2.75) is 39.0 Å². The summed E-state index contributed by atoms with van der Waals surface area (Å²) in [5, 5.41) is 3.08. The van der Waals surface area contributed by atoms with E-state index < -0.39 is 5.41 Å². The van der Waals surface area contributed by atoms with Crippen LogP contribution in [0, 0.1) is 13.8 Å². The third kappa shape index (κ3) is 3.55. The Morgan fingerprint density at radius 1 is 1.15 bits per heavy atom. The van der Waals surface area contributed by atoms with E-state index in [0.29, 0.717) is 55.7 Å². The zero-order chi connectivity index (χ0) is 18.6. The molecular weight excluding hydrogens is 330 g/mol. The van der Waals surface area contributed by atoms with Crippen LogP contribution < -0.4 is 10.1 Å². The van der Waals surface area contributed by atoms with Crippen LogP contribution in [0.3, 0.4) is 0 Å². The fourth-order valence-corrected chi connectivity index (χ4v) is 3.42. The summed E-state index contributed by atoms with van der Waals surface area (Å²) in [6.45, 7) is 7.23. The highest BCUT2D eigenvalue weighted by Crippen LogP contribution is 2.36. The number of benzene rings is 1. The number of anilines is 1. The molecule has 0 spiro atoms. The predicted octanol–water partition coefficient (Wildman–Crippen LogP) is 3.18. The Balaban J connectivity index is 1.92. The van der Waals surface area contributed by atoms with Gasteiger partial charge in [-0.15, -0.1) is 0 Å². The van der Waals surface area contributed by atoms with E-state index >= 15 is 0 Å². The van der Waals surface area contributed by atoms with Crippen LogP contribution in [0.25, 0.3) is 0 Å². The third-order valence-electron chi connectivity index (χ3n) is 4.87. The van der Waals surface area contributed by atoms with Gasteiger partial charge in [0.05, 0.1) is 29.1 Å². The average molecular weight is 355 g/mol. The summed E-state index contributed by atoms with van der Waals surface area (Å²) in [6, 6.07) is 10.3. The van der Waals surface area contributed by atoms with Crippen LogP contribution >= 0.6 is 0 Å². The quantitative estimate of drug-likeness (QED) is 0.892. The molecule has 6 nitrogen and oxygen atoms in total. The second kappa shape index (κ2) is 7.83. The molecule has 0 aliphatic carbocycles. The first-order valence-corrected chi connectivity index (χ1v) is 8.99. The molecule has 0 atom stereocenters. The molecule has 0 unspecified atom stereocenters. The zero-order valence-corrected chi connectivity index (χ0v) is 15.5. The van der Waals surface area contributed by atoms with Crippen LogP contribution in [-0.4, -0.2) is 35.7 Å². The standard InChI is InChI=1S/C20H25N3O3/c1-4-26-19-21-14(2)17(15(3)22-19)23-18(24)20(10-12-25-13-11-20)16-8-6-5-7-9-16/h5-9H,4,10-13H2,1-3H3,(H,23,24). The van der Waals surface area contributed by atoms with Gasteiger partial charge in [0.1, 0.15) is 0 Å². The van der Waals surface area contributed by atoms with E-state index in [4.69, 9.17) is 9.47 Å². The number of hydrogen-bond donors (Lipinski definition) is 1. The molecule has 1 aromatic carbocycles. The second-order valence-corrected chi connectivity index (χ2v) is 6.50. The van der Waals surface area contributed by atoms with Gasteiger partial charge in [-0.1, -0.05) is 30.3 Å². The maximum Gasteiger partial charge on any atom is 0.316 e. The predicted molar refractivity (Wildman–Crippen MR) is 99.5 cm³/mol. The molecule has 0 saturated carbocycles. The van der Waals surface area contributed by atoms with Crippen LogP contribution in [0.2, 0.25) is 0 Å². The van der Waals surface area contributed by atoms with Gasteiger partial charge in [0.2, 0.25) is 5.91 Å². The molecule has 138 valence electrons. The molecule has 0 radical (unpaired) electrons. The van der Waals surface area contributed by atoms with Gasteiger partial charge in [0, 0.05) is 13.2 Å². The molecule has 1 aliphatic rings. The number of carbonyl (C=O) groups is 1. The molecule has 1 amide bonds. The van der Waals surface area contributed by atoms with Crippen molar-refractivity contribution in [3.05, 3.63) is 47.3 Å². The average Bonchev–Trinajstić information content (AvgIpc) is 2.66. The Morgan fingerprint density at radius 3 is 2.35 bits per heavy atom. The normalized spacial score (nSPS) is 16.1. The van der Waals surface area contributed by atoms with Crippen LogP contribution in [0.4, 0.5) is 5.69 Å². The smallest absolute Gasteiger partial charge is 0.316 e. The lowest BCUT2D eigenvalue weighted by Crippen LogP contribution is -2.45. The van der Waals surface area contributed by atoms with Crippen molar-refractivity contribution in [1.82, 2.24) is 9.97 Å². The zero-order valence-electron chi connectivity index (χ0n) is 15.5. The number of aromatic nitrogens is 2. The van der Waals surface area contributed by atoms with Crippen molar-refractivity contribution in [2.75, 3.05) is 25.1 Å². The lowest BCUT2D eigenvalue weighted by molar-refractivity contribution is -0.125. The van der Waals surface area contributed by atoms with Gasteiger partial charge in [0.15, 0.2) is 0 Å². The Hall–Kier alpha value is -2.47. The van der Waals surface area contributed by atoms with Gasteiger partial charge in [0.25, 0.3) is 0 Å². The third-order valence-corrected chi connectivity index (χ3v) is 4.87. The Labute approximate surface area is 154 Å². The minimum atomic E-state index is -0.600. The first-order valence-electron chi connectivity index (χ1n) is 8.99. The largest absolute Gasteiger partial charge is 0.464 e. The molecule has 1 aromatic heterocycles. The summed E-state index contributed by atoms with van der Waals surface area (Å²) in [5.41, 5.74) is 2.47. The molecule has 3 rings (SSSR count). The minimum Gasteiger partial charge on any atom is -0.464 e. The number of aryl methyl sites for hydroxylation is 2. The number of amides is 1. The maximum absolute atomic E-state index is 13.4. The minimum absolute atomic E-state index is 0.0361. The van der Waals surface area contributed by atoms with Gasteiger partial charge < -0.3 is 14.8 Å². The molecule has 1 aliphatic heterocycles. The van der Waals surface area contributed by atoms with Crippen LogP contribution in [-0.2, 0) is 14.9 Å². The van der Waals surface area contributed by atoms with Crippen LogP contribution in [0.1, 0.15) is 36.7 Å². The topological polar surface area (TPSA) is 73.3 Å². The Morgan fingerprint density at radius 2 is 1.77 bits per heavy atom. The molecule has 1 N–H and O–H groups in total. The summed E-state index contributed by atoms with van der Waals surface area (Å²) in [6.07, 6.45) is 1.30. The highest BCUT2D eigenvalue weighted by atomic mass is 16.5. The van der Waals surface area contributed by atoms with Crippen molar-refractivity contribution in [3.8, 4) is 6.01 Å². The number of nitrogens with one attached hydrogen (secondary N) is 1. The summed E-state index contributed by atoms with van der Waals surface area (Å²) < 4.78 is 10.9. The molecule has 6 heteroatoms. The summed E-state index contributed by atoms with van der Waals surface area (Å²) in [4.78, 5) is 22.0. The fraction of sp³-hybridized carbons (Fsp3) is 0.450. The lowest BCUT2D eigenvalue weighted by Gasteiger charge is -2.36. The molecule has 2 aromatic rings. The van der Waals surface area contributed by atoms with E-state index in [-0.39, 0.29) is 5.91 Å². The van der Waals surface area contributed by atoms with Crippen LogP contribution in [0.5, 0.6) is 6.01 Å². The Bertz CT molecular complexity index is 748. The Kier molecular flexibility index (Phi) is 5.52. The van der Waals surface area contributed by atoms with Crippen LogP contribution in [0.15, 0.2) is 30.3 Å². The summed E-state index contributed by atoms with van der Waals surface area (Å²) >= 11 is 0. The first-order chi connectivity index (χ1) is 12.6. The number of rotatable bonds is 5. The van der Waals surface area contributed by atoms with Crippen molar-refractivity contribution >= 4 is 11.6 Å². The first kappa shape index (κ1) is 18.3. The van der Waals surface area contributed by atoms with Gasteiger partial charge in [-0.2, -0.15) is 9.97 Å². The number of nitrogens with zero attached hydrogens (tertiary/aromatic N) is 2. The van der Waals surface area contributed by atoms with E-state index in [1.165, 1.54) is 0 Å². The molecule has 0 bridgehead atoms. The van der Waals surface area contributed by atoms with E-state index in [1.54, 1.807) is 0 Å². The highest BCUT2D eigenvalue weighted by molar-refractivity contribution is 6.00. The van der Waals surface area contributed by atoms with Crippen molar-refractivity contribution in [2.24, 2.45) is 0 Å². The van der Waals surface area contributed by atoms with E-state index in [1.807, 2.05) is 51.1 Å². The van der Waals surface area contributed by atoms with Gasteiger partial charge in [-0.05, 0) is 39.2 Å². The highest BCUT2D eigenvalue weighted by Gasteiger charge is 2.42. The number of ether oxygens (including phenoxy) is 2. The molecular formula is C20H25N3O3. The number of carbonyl (C=O) groups excluding carboxylic acids is 1. The SMILES string of the molecule is CCOc1nc(C)c(NC(=O)C2(c3ccccc3)CCOCC2)c(C)n1. The monoisotopic (exact) mass is 355 g/mol. The lowest BCUT2D eigenvalue weighted by atomic mass is 9.73. The molecule has 1 saturated heterocycles. The van der Waals surface area contributed by atoms with Gasteiger partial charge in [-0.25, -0.2) is 0 Å². The van der Waals surface area contributed by atoms with Gasteiger partial charge >= 0.3 is 6.01 Å². The van der Waals surface area contributed by atoms with E-state index in [2.05, 4.69) is 15.3 Å². The van der Waals surface area contributed by atoms with Gasteiger partial charge in [-0.3, -0.25) is 4.79 Å².